The Morgan fingerprint density at radius 3 is 2.58 bits per heavy atom. The van der Waals surface area contributed by atoms with Gasteiger partial charge in [0.25, 0.3) is 11.5 Å². The molecule has 2 heterocycles. The highest BCUT2D eigenvalue weighted by Gasteiger charge is 2.30. The predicted molar refractivity (Wildman–Crippen MR) is 103 cm³/mol. The van der Waals surface area contributed by atoms with Crippen LogP contribution in [0.15, 0.2) is 47.4 Å². The van der Waals surface area contributed by atoms with Crippen LogP contribution < -0.4 is 5.56 Å². The van der Waals surface area contributed by atoms with E-state index in [1.54, 1.807) is 25.4 Å². The fourth-order valence-electron chi connectivity index (χ4n) is 3.65. The second-order valence-corrected chi connectivity index (χ2v) is 7.33. The number of aromatic nitrogens is 1. The number of rotatable bonds is 4. The molecular weight excluding hydrogens is 326 g/mol. The Bertz CT molecular complexity index is 824. The number of likely N-dealkylation sites (tertiary alicyclic amines) is 1. The van der Waals surface area contributed by atoms with Gasteiger partial charge in [0, 0.05) is 26.3 Å². The zero-order chi connectivity index (χ0) is 18.7. The van der Waals surface area contributed by atoms with Crippen LogP contribution in [0.5, 0.6) is 0 Å². The molecule has 5 nitrogen and oxygen atoms in total. The van der Waals surface area contributed by atoms with Crippen molar-refractivity contribution in [3.8, 4) is 0 Å². The Kier molecular flexibility index (Phi) is 5.57. The van der Waals surface area contributed by atoms with Crippen molar-refractivity contribution in [3.05, 3.63) is 69.6 Å². The molecule has 0 radical (unpaired) electrons. The Labute approximate surface area is 154 Å². The minimum atomic E-state index is -0.233. The lowest BCUT2D eigenvalue weighted by Gasteiger charge is -2.36. The summed E-state index contributed by atoms with van der Waals surface area (Å²) >= 11 is 0. The van der Waals surface area contributed by atoms with Crippen LogP contribution in [0.3, 0.4) is 0 Å². The Balaban J connectivity index is 1.87. The molecule has 0 spiro atoms. The normalized spacial score (nSPS) is 17.5. The van der Waals surface area contributed by atoms with E-state index in [0.717, 1.165) is 31.4 Å². The molecule has 1 aromatic carbocycles. The molecule has 1 unspecified atom stereocenters. The summed E-state index contributed by atoms with van der Waals surface area (Å²) in [5.41, 5.74) is 2.42. The van der Waals surface area contributed by atoms with Crippen LogP contribution in [0.1, 0.15) is 46.8 Å². The van der Waals surface area contributed by atoms with Gasteiger partial charge in [0.1, 0.15) is 5.56 Å². The monoisotopic (exact) mass is 353 g/mol. The lowest BCUT2D eigenvalue weighted by atomic mass is 9.94. The first kappa shape index (κ1) is 18.4. The molecule has 0 saturated carbocycles. The quantitative estimate of drug-likeness (QED) is 0.849. The molecule has 1 amide bonds. The topological polar surface area (TPSA) is 45.5 Å². The lowest BCUT2D eigenvalue weighted by molar-refractivity contribution is 0.0609. The smallest absolute Gasteiger partial charge is 0.263 e. The molecule has 0 aliphatic carbocycles. The first-order valence-corrected chi connectivity index (χ1v) is 9.17. The highest BCUT2D eigenvalue weighted by atomic mass is 16.2. The van der Waals surface area contributed by atoms with Gasteiger partial charge in [-0.15, -0.1) is 0 Å². The maximum absolute atomic E-state index is 13.1. The van der Waals surface area contributed by atoms with Gasteiger partial charge in [0.2, 0.25) is 0 Å². The number of nitrogens with zero attached hydrogens (tertiary/aromatic N) is 3. The molecule has 138 valence electrons. The second-order valence-electron chi connectivity index (χ2n) is 7.33. The van der Waals surface area contributed by atoms with Crippen molar-refractivity contribution in [3.63, 3.8) is 0 Å². The molecule has 26 heavy (non-hydrogen) atoms. The molecule has 1 aromatic heterocycles. The van der Waals surface area contributed by atoms with Crippen LogP contribution in [-0.4, -0.2) is 40.9 Å². The van der Waals surface area contributed by atoms with Crippen LogP contribution in [0.25, 0.3) is 0 Å². The third-order valence-electron chi connectivity index (χ3n) is 4.98. The molecule has 2 aromatic rings. The number of carbonyl (C=O) groups is 1. The zero-order valence-electron chi connectivity index (χ0n) is 15.8. The number of benzene rings is 1. The number of hydrogen-bond donors (Lipinski definition) is 0. The molecule has 5 heteroatoms. The van der Waals surface area contributed by atoms with E-state index < -0.39 is 0 Å². The average Bonchev–Trinajstić information content (AvgIpc) is 2.64. The van der Waals surface area contributed by atoms with E-state index >= 15 is 0 Å². The highest BCUT2D eigenvalue weighted by molar-refractivity contribution is 5.94. The molecule has 1 saturated heterocycles. The summed E-state index contributed by atoms with van der Waals surface area (Å²) in [6.45, 7) is 1.59. The lowest BCUT2D eigenvalue weighted by Crippen LogP contribution is -2.41. The van der Waals surface area contributed by atoms with E-state index in [1.807, 2.05) is 4.90 Å². The summed E-state index contributed by atoms with van der Waals surface area (Å²) in [6, 6.07) is 11.9. The summed E-state index contributed by atoms with van der Waals surface area (Å²) in [5, 5.41) is 0. The number of hydrogen-bond acceptors (Lipinski definition) is 3. The largest absolute Gasteiger partial charge is 0.331 e. The molecule has 1 atom stereocenters. The van der Waals surface area contributed by atoms with E-state index in [2.05, 4.69) is 43.3 Å². The Morgan fingerprint density at radius 1 is 1.15 bits per heavy atom. The van der Waals surface area contributed by atoms with Gasteiger partial charge in [-0.1, -0.05) is 24.3 Å². The highest BCUT2D eigenvalue weighted by Crippen LogP contribution is 2.32. The summed E-state index contributed by atoms with van der Waals surface area (Å²) in [6.07, 6.45) is 4.69. The van der Waals surface area contributed by atoms with Gasteiger partial charge in [0.15, 0.2) is 0 Å². The third kappa shape index (κ3) is 3.88. The van der Waals surface area contributed by atoms with Gasteiger partial charge >= 0.3 is 0 Å². The number of carbonyl (C=O) groups excluding carboxylic acids is 1. The maximum Gasteiger partial charge on any atom is 0.263 e. The van der Waals surface area contributed by atoms with Crippen LogP contribution in [0, 0.1) is 0 Å². The first-order valence-electron chi connectivity index (χ1n) is 9.17. The van der Waals surface area contributed by atoms with Crippen molar-refractivity contribution in [1.29, 1.82) is 0 Å². The number of amides is 1. The van der Waals surface area contributed by atoms with Gasteiger partial charge in [-0.25, -0.2) is 0 Å². The molecule has 0 bridgehead atoms. The number of pyridine rings is 1. The molecule has 1 aliphatic heterocycles. The summed E-state index contributed by atoms with van der Waals surface area (Å²) in [5.74, 6) is -0.159. The van der Waals surface area contributed by atoms with Crippen LogP contribution in [0.2, 0.25) is 0 Å². The van der Waals surface area contributed by atoms with Gasteiger partial charge < -0.3 is 14.4 Å². The Morgan fingerprint density at radius 2 is 1.88 bits per heavy atom. The Hall–Kier alpha value is -2.40. The standard InChI is InChI=1S/C21H27N3O2/c1-22(2)15-16-9-11-17(12-10-16)19-8-4-5-14-24(19)21(26)18-7-6-13-23(3)20(18)25/h6-7,9-13,19H,4-5,8,14-15H2,1-3H3. The number of piperidine rings is 1. The van der Waals surface area contributed by atoms with Crippen molar-refractivity contribution in [2.75, 3.05) is 20.6 Å². The van der Waals surface area contributed by atoms with Crippen LogP contribution in [-0.2, 0) is 13.6 Å². The second kappa shape index (κ2) is 7.87. The van der Waals surface area contributed by atoms with E-state index in [1.165, 1.54) is 10.1 Å². The minimum absolute atomic E-state index is 0.0366. The van der Waals surface area contributed by atoms with Crippen LogP contribution >= 0.6 is 0 Å². The fourth-order valence-corrected chi connectivity index (χ4v) is 3.65. The van der Waals surface area contributed by atoms with E-state index in [0.29, 0.717) is 6.54 Å². The minimum Gasteiger partial charge on any atom is -0.331 e. The van der Waals surface area contributed by atoms with E-state index in [-0.39, 0.29) is 23.1 Å². The van der Waals surface area contributed by atoms with Crippen molar-refractivity contribution >= 4 is 5.91 Å². The molecular formula is C21H27N3O2. The van der Waals surface area contributed by atoms with Gasteiger partial charge in [-0.05, 0) is 56.6 Å². The average molecular weight is 353 g/mol. The predicted octanol–water partition coefficient (Wildman–Crippen LogP) is 2.81. The number of aryl methyl sites for hydroxylation is 1. The first-order chi connectivity index (χ1) is 12.5. The molecule has 0 N–H and O–H groups in total. The molecule has 1 aliphatic rings. The van der Waals surface area contributed by atoms with E-state index in [9.17, 15) is 9.59 Å². The van der Waals surface area contributed by atoms with Crippen molar-refractivity contribution in [2.24, 2.45) is 7.05 Å². The summed E-state index contributed by atoms with van der Waals surface area (Å²) in [7, 11) is 5.78. The fraction of sp³-hybridized carbons (Fsp3) is 0.429. The van der Waals surface area contributed by atoms with Gasteiger partial charge in [-0.2, -0.15) is 0 Å². The van der Waals surface area contributed by atoms with Crippen molar-refractivity contribution in [2.45, 2.75) is 31.8 Å². The maximum atomic E-state index is 13.1. The van der Waals surface area contributed by atoms with Crippen molar-refractivity contribution in [1.82, 2.24) is 14.4 Å². The van der Waals surface area contributed by atoms with Crippen LogP contribution in [0.4, 0.5) is 0 Å². The third-order valence-corrected chi connectivity index (χ3v) is 4.98. The molecule has 3 rings (SSSR count). The summed E-state index contributed by atoms with van der Waals surface area (Å²) in [4.78, 5) is 29.4. The summed E-state index contributed by atoms with van der Waals surface area (Å²) < 4.78 is 1.46. The van der Waals surface area contributed by atoms with Crippen molar-refractivity contribution < 1.29 is 4.79 Å². The van der Waals surface area contributed by atoms with Gasteiger partial charge in [-0.3, -0.25) is 9.59 Å². The SMILES string of the molecule is CN(C)Cc1ccc(C2CCCCN2C(=O)c2cccn(C)c2=O)cc1. The van der Waals surface area contributed by atoms with Gasteiger partial charge in [0.05, 0.1) is 6.04 Å². The van der Waals surface area contributed by atoms with E-state index in [4.69, 9.17) is 0 Å². The zero-order valence-corrected chi connectivity index (χ0v) is 15.8. The molecule has 1 fully saturated rings.